The van der Waals surface area contributed by atoms with Gasteiger partial charge in [-0.05, 0) is 25.5 Å². The summed E-state index contributed by atoms with van der Waals surface area (Å²) in [6, 6.07) is 3.65. The minimum Gasteiger partial charge on any atom is -0.435 e. The lowest BCUT2D eigenvalue weighted by Gasteiger charge is -2.06. The molecule has 1 aliphatic heterocycles. The molecule has 0 spiro atoms. The van der Waals surface area contributed by atoms with E-state index in [1.165, 1.54) is 18.3 Å². The third-order valence-corrected chi connectivity index (χ3v) is 3.63. The Morgan fingerprint density at radius 1 is 1.47 bits per heavy atom. The molecule has 1 unspecified atom stereocenters. The number of hydrogen-bond donors (Lipinski definition) is 1. The second kappa shape index (κ2) is 4.67. The molecule has 1 aliphatic rings. The van der Waals surface area contributed by atoms with Gasteiger partial charge in [-0.15, -0.1) is 11.3 Å². The Morgan fingerprint density at radius 2 is 2.24 bits per heavy atom. The van der Waals surface area contributed by atoms with E-state index in [0.29, 0.717) is 17.7 Å². The number of hydrogen-bond acceptors (Lipinski definition) is 5. The molecule has 1 amide bonds. The summed E-state index contributed by atoms with van der Waals surface area (Å²) in [6.45, 7) is 1.52. The number of esters is 1. The summed E-state index contributed by atoms with van der Waals surface area (Å²) in [5.41, 5.74) is 0. The summed E-state index contributed by atoms with van der Waals surface area (Å²) in [5, 5.41) is 2.43. The van der Waals surface area contributed by atoms with Crippen molar-refractivity contribution in [3.63, 3.8) is 0 Å². The van der Waals surface area contributed by atoms with Crippen LogP contribution in [0, 0.1) is 0 Å². The highest BCUT2D eigenvalue weighted by Gasteiger charge is 2.30. The van der Waals surface area contributed by atoms with Crippen molar-refractivity contribution in [2.24, 2.45) is 0 Å². The maximum absolute atomic E-state index is 11.1. The zero-order valence-corrected chi connectivity index (χ0v) is 10.0. The molecule has 1 saturated heterocycles. The van der Waals surface area contributed by atoms with Gasteiger partial charge in [-0.2, -0.15) is 0 Å². The van der Waals surface area contributed by atoms with Crippen molar-refractivity contribution >= 4 is 29.0 Å². The van der Waals surface area contributed by atoms with Crippen LogP contribution < -0.4 is 5.32 Å². The molecule has 1 N–H and O–H groups in total. The van der Waals surface area contributed by atoms with Crippen molar-refractivity contribution in [1.29, 1.82) is 0 Å². The van der Waals surface area contributed by atoms with Gasteiger partial charge in [0.25, 0.3) is 0 Å². The monoisotopic (exact) mass is 253 g/mol. The smallest absolute Gasteiger partial charge is 0.398 e. The molecule has 1 aromatic rings. The number of aryl methyl sites for hydroxylation is 1. The first-order valence-electron chi connectivity index (χ1n) is 5.17. The third kappa shape index (κ3) is 2.71. The number of Topliss-reactive ketones (excluding diaryl/α,β-unsaturated/α-hetero) is 1. The number of ether oxygens (including phenoxy) is 1. The number of amides is 1. The number of ketones is 1. The molecule has 1 fully saturated rings. The molecule has 0 bridgehead atoms. The van der Waals surface area contributed by atoms with E-state index in [4.69, 9.17) is 4.74 Å². The lowest BCUT2D eigenvalue weighted by molar-refractivity contribution is -0.149. The van der Waals surface area contributed by atoms with Gasteiger partial charge in [-0.1, -0.05) is 0 Å². The summed E-state index contributed by atoms with van der Waals surface area (Å²) in [4.78, 5) is 34.5. The fourth-order valence-electron chi connectivity index (χ4n) is 1.52. The Bertz CT molecular complexity index is 464. The number of nitrogens with one attached hydrogen (secondary N) is 1. The largest absolute Gasteiger partial charge is 0.435 e. The molecule has 0 radical (unpaired) electrons. The van der Waals surface area contributed by atoms with Crippen LogP contribution in [0.1, 0.15) is 27.9 Å². The Labute approximate surface area is 102 Å². The molecule has 6 heteroatoms. The van der Waals surface area contributed by atoms with E-state index in [-0.39, 0.29) is 5.78 Å². The minimum absolute atomic E-state index is 0.0434. The average Bonchev–Trinajstić information content (AvgIpc) is 2.84. The van der Waals surface area contributed by atoms with E-state index < -0.39 is 18.1 Å². The zero-order chi connectivity index (χ0) is 12.4. The quantitative estimate of drug-likeness (QED) is 0.491. The highest BCUT2D eigenvalue weighted by molar-refractivity contribution is 7.14. The van der Waals surface area contributed by atoms with Gasteiger partial charge in [0, 0.05) is 11.3 Å². The van der Waals surface area contributed by atoms with E-state index in [1.54, 1.807) is 6.07 Å². The number of carbonyl (C=O) groups excluding carboxylic acids is 3. The maximum Gasteiger partial charge on any atom is 0.398 e. The molecule has 1 atom stereocenters. The maximum atomic E-state index is 11.1. The highest BCUT2D eigenvalue weighted by atomic mass is 32.1. The number of cyclic esters (lactones) is 1. The van der Waals surface area contributed by atoms with Gasteiger partial charge in [0.05, 0.1) is 4.88 Å². The van der Waals surface area contributed by atoms with Crippen molar-refractivity contribution in [3.05, 3.63) is 21.9 Å². The fraction of sp³-hybridized carbons (Fsp3) is 0.364. The van der Waals surface area contributed by atoms with Crippen LogP contribution in [0.3, 0.4) is 0 Å². The molecule has 2 rings (SSSR count). The molecule has 0 aromatic carbocycles. The van der Waals surface area contributed by atoms with E-state index in [1.807, 2.05) is 6.07 Å². The molecule has 17 heavy (non-hydrogen) atoms. The first-order chi connectivity index (χ1) is 8.06. The molecular formula is C11H11NO4S. The Kier molecular flexibility index (Phi) is 3.23. The van der Waals surface area contributed by atoms with E-state index in [2.05, 4.69) is 5.32 Å². The van der Waals surface area contributed by atoms with Crippen molar-refractivity contribution < 1.29 is 19.1 Å². The number of rotatable bonds is 4. The summed E-state index contributed by atoms with van der Waals surface area (Å²) in [5.74, 6) is -1.47. The Hall–Kier alpha value is -1.69. The molecule has 2 heterocycles. The van der Waals surface area contributed by atoms with Crippen molar-refractivity contribution in [2.75, 3.05) is 0 Å². The van der Waals surface area contributed by atoms with Gasteiger partial charge >= 0.3 is 11.9 Å². The van der Waals surface area contributed by atoms with E-state index in [9.17, 15) is 14.4 Å². The predicted octanol–water partition coefficient (Wildman–Crippen LogP) is 0.882. The summed E-state index contributed by atoms with van der Waals surface area (Å²) < 4.78 is 4.79. The first kappa shape index (κ1) is 11.8. The molecule has 0 aliphatic carbocycles. The van der Waals surface area contributed by atoms with Crippen LogP contribution in [-0.2, 0) is 20.7 Å². The van der Waals surface area contributed by atoms with Gasteiger partial charge in [0.15, 0.2) is 12.0 Å². The lowest BCUT2D eigenvalue weighted by Crippen LogP contribution is -2.27. The second-order valence-electron chi connectivity index (χ2n) is 3.73. The van der Waals surface area contributed by atoms with Crippen LogP contribution >= 0.6 is 11.3 Å². The fourth-order valence-corrected chi connectivity index (χ4v) is 2.44. The molecule has 5 nitrogen and oxygen atoms in total. The average molecular weight is 253 g/mol. The lowest BCUT2D eigenvalue weighted by atomic mass is 10.2. The Morgan fingerprint density at radius 3 is 2.76 bits per heavy atom. The van der Waals surface area contributed by atoms with Crippen LogP contribution in [-0.4, -0.2) is 23.9 Å². The standard InChI is InChI=1S/C11H11NO4S/c1-6(13)8-4-2-7(17-8)3-5-9-12-10(14)11(15)16-9/h2,4,9H,3,5H2,1H3,(H,12,14). The van der Waals surface area contributed by atoms with Gasteiger partial charge < -0.3 is 10.1 Å². The number of carbonyl (C=O) groups is 3. The van der Waals surface area contributed by atoms with Crippen molar-refractivity contribution in [1.82, 2.24) is 5.32 Å². The second-order valence-corrected chi connectivity index (χ2v) is 4.90. The normalized spacial score (nSPS) is 19.0. The van der Waals surface area contributed by atoms with E-state index >= 15 is 0 Å². The SMILES string of the molecule is CC(=O)c1ccc(CCC2NC(=O)C(=O)O2)s1. The topological polar surface area (TPSA) is 72.5 Å². The van der Waals surface area contributed by atoms with Gasteiger partial charge in [-0.25, -0.2) is 4.79 Å². The first-order valence-corrected chi connectivity index (χ1v) is 5.99. The summed E-state index contributed by atoms with van der Waals surface area (Å²) in [7, 11) is 0. The van der Waals surface area contributed by atoms with Crippen LogP contribution in [0.2, 0.25) is 0 Å². The van der Waals surface area contributed by atoms with Crippen LogP contribution in [0.25, 0.3) is 0 Å². The summed E-state index contributed by atoms with van der Waals surface area (Å²) >= 11 is 1.42. The molecule has 0 saturated carbocycles. The van der Waals surface area contributed by atoms with Crippen LogP contribution in [0.5, 0.6) is 0 Å². The van der Waals surface area contributed by atoms with Gasteiger partial charge in [-0.3, -0.25) is 9.59 Å². The Balaban J connectivity index is 1.88. The number of thiophene rings is 1. The molecular weight excluding hydrogens is 242 g/mol. The molecule has 90 valence electrons. The van der Waals surface area contributed by atoms with E-state index in [0.717, 1.165) is 4.88 Å². The third-order valence-electron chi connectivity index (χ3n) is 2.39. The summed E-state index contributed by atoms with van der Waals surface area (Å²) in [6.07, 6.45) is 0.642. The van der Waals surface area contributed by atoms with Gasteiger partial charge in [0.2, 0.25) is 0 Å². The van der Waals surface area contributed by atoms with Crippen LogP contribution in [0.15, 0.2) is 12.1 Å². The van der Waals surface area contributed by atoms with Gasteiger partial charge in [0.1, 0.15) is 0 Å². The molecule has 1 aromatic heterocycles. The van der Waals surface area contributed by atoms with Crippen molar-refractivity contribution in [3.8, 4) is 0 Å². The van der Waals surface area contributed by atoms with Crippen LogP contribution in [0.4, 0.5) is 0 Å². The zero-order valence-electron chi connectivity index (χ0n) is 9.19. The highest BCUT2D eigenvalue weighted by Crippen LogP contribution is 2.19. The van der Waals surface area contributed by atoms with Crippen molar-refractivity contribution in [2.45, 2.75) is 26.0 Å². The predicted molar refractivity (Wildman–Crippen MR) is 60.7 cm³/mol. The minimum atomic E-state index is -0.828.